The van der Waals surface area contributed by atoms with Crippen LogP contribution in [0.25, 0.3) is 0 Å². The third kappa shape index (κ3) is 3.83. The van der Waals surface area contributed by atoms with E-state index < -0.39 is 24.0 Å². The molecule has 2 heteroatoms. The van der Waals surface area contributed by atoms with Gasteiger partial charge >= 0.3 is 0 Å². The van der Waals surface area contributed by atoms with Crippen LogP contribution in [0.1, 0.15) is 92.3 Å². The third-order valence-electron chi connectivity index (χ3n) is 6.58. The van der Waals surface area contributed by atoms with Gasteiger partial charge in [0.1, 0.15) is 0 Å². The first kappa shape index (κ1) is 14.3. The predicted molar refractivity (Wildman–Crippen MR) is 96.2 cm³/mol. The SMILES string of the molecule is [2H]C([2H])([2H])c1ccc(C2CCC(C3CCC(CCC)CC3)CC2)c(F)c1F. The van der Waals surface area contributed by atoms with Gasteiger partial charge in [0.25, 0.3) is 0 Å². The molecule has 24 heavy (non-hydrogen) atoms. The van der Waals surface area contributed by atoms with Crippen molar-refractivity contribution in [1.29, 1.82) is 0 Å². The van der Waals surface area contributed by atoms with Crippen molar-refractivity contribution in [3.05, 3.63) is 34.9 Å². The fourth-order valence-electron chi connectivity index (χ4n) is 5.14. The lowest BCUT2D eigenvalue weighted by molar-refractivity contribution is 0.156. The number of halogens is 2. The van der Waals surface area contributed by atoms with Crippen molar-refractivity contribution >= 4 is 0 Å². The van der Waals surface area contributed by atoms with Crippen LogP contribution in [0.15, 0.2) is 12.1 Å². The number of aryl methyl sites for hydroxylation is 1. The average Bonchev–Trinajstić information content (AvgIpc) is 2.64. The topological polar surface area (TPSA) is 0 Å². The maximum absolute atomic E-state index is 14.5. The largest absolute Gasteiger partial charge is 0.203 e. The van der Waals surface area contributed by atoms with Gasteiger partial charge < -0.3 is 0 Å². The molecular formula is C22H32F2. The summed E-state index contributed by atoms with van der Waals surface area (Å²) in [5.41, 5.74) is -0.146. The Morgan fingerprint density at radius 3 is 2.12 bits per heavy atom. The van der Waals surface area contributed by atoms with Crippen molar-refractivity contribution in [1.82, 2.24) is 0 Å². The number of hydrogen-bond donors (Lipinski definition) is 0. The molecule has 0 amide bonds. The maximum Gasteiger partial charge on any atom is 0.162 e. The van der Waals surface area contributed by atoms with Gasteiger partial charge in [-0.05, 0) is 80.2 Å². The highest BCUT2D eigenvalue weighted by atomic mass is 19.2. The van der Waals surface area contributed by atoms with Gasteiger partial charge in [0, 0.05) is 4.11 Å². The molecule has 134 valence electrons. The van der Waals surface area contributed by atoms with Crippen molar-refractivity contribution in [3.63, 3.8) is 0 Å². The van der Waals surface area contributed by atoms with Crippen LogP contribution >= 0.6 is 0 Å². The minimum atomic E-state index is -2.61. The summed E-state index contributed by atoms with van der Waals surface area (Å²) in [7, 11) is 0. The Bertz CT molecular complexity index is 625. The smallest absolute Gasteiger partial charge is 0.162 e. The summed E-state index contributed by atoms with van der Waals surface area (Å²) in [6, 6.07) is 2.75. The fourth-order valence-corrected chi connectivity index (χ4v) is 5.14. The third-order valence-corrected chi connectivity index (χ3v) is 6.58. The standard InChI is InChI=1S/C22H32F2/c1-3-4-16-6-8-17(9-7-16)18-10-12-19(13-11-18)20-14-5-15(2)21(23)22(20)24/h5,14,16-19H,3-4,6-13H2,1-2H3/i2D3. The molecule has 0 bridgehead atoms. The van der Waals surface area contributed by atoms with Crippen molar-refractivity contribution in [3.8, 4) is 0 Å². The van der Waals surface area contributed by atoms with E-state index in [4.69, 9.17) is 4.11 Å². The average molecular weight is 338 g/mol. The molecule has 0 aromatic heterocycles. The molecular weight excluding hydrogens is 302 g/mol. The van der Waals surface area contributed by atoms with Crippen molar-refractivity contribution in [2.45, 2.75) is 83.9 Å². The second kappa shape index (κ2) is 7.97. The lowest BCUT2D eigenvalue weighted by atomic mass is 9.68. The molecule has 0 heterocycles. The van der Waals surface area contributed by atoms with Crippen LogP contribution in [0.5, 0.6) is 0 Å². The van der Waals surface area contributed by atoms with Crippen LogP contribution in [-0.2, 0) is 0 Å². The molecule has 0 aliphatic heterocycles. The first-order valence-electron chi connectivity index (χ1n) is 11.3. The summed E-state index contributed by atoms with van der Waals surface area (Å²) >= 11 is 0. The maximum atomic E-state index is 14.5. The van der Waals surface area contributed by atoms with Gasteiger partial charge in [-0.3, -0.25) is 0 Å². The fraction of sp³-hybridized carbons (Fsp3) is 0.727. The summed E-state index contributed by atoms with van der Waals surface area (Å²) in [5.74, 6) is 0.308. The Labute approximate surface area is 150 Å². The van der Waals surface area contributed by atoms with Crippen LogP contribution in [0.2, 0.25) is 0 Å². The lowest BCUT2D eigenvalue weighted by Gasteiger charge is -2.38. The van der Waals surface area contributed by atoms with E-state index in [2.05, 4.69) is 6.92 Å². The van der Waals surface area contributed by atoms with Crippen LogP contribution in [-0.4, -0.2) is 0 Å². The highest BCUT2D eigenvalue weighted by Crippen LogP contribution is 2.45. The van der Waals surface area contributed by atoms with Gasteiger partial charge in [0.15, 0.2) is 11.6 Å². The Morgan fingerprint density at radius 1 is 0.917 bits per heavy atom. The molecule has 0 saturated heterocycles. The van der Waals surface area contributed by atoms with Gasteiger partial charge in [-0.1, -0.05) is 44.7 Å². The van der Waals surface area contributed by atoms with E-state index in [0.29, 0.717) is 5.56 Å². The van der Waals surface area contributed by atoms with E-state index in [1.807, 2.05) is 0 Å². The Morgan fingerprint density at radius 2 is 1.54 bits per heavy atom. The van der Waals surface area contributed by atoms with E-state index in [1.54, 1.807) is 0 Å². The molecule has 2 fully saturated rings. The zero-order chi connectivity index (χ0) is 19.6. The molecule has 0 radical (unpaired) electrons. The summed E-state index contributed by atoms with van der Waals surface area (Å²) in [6.07, 6.45) is 11.9. The summed E-state index contributed by atoms with van der Waals surface area (Å²) in [5, 5.41) is 0. The highest BCUT2D eigenvalue weighted by Gasteiger charge is 2.32. The first-order valence-corrected chi connectivity index (χ1v) is 9.79. The molecule has 1 aromatic carbocycles. The minimum absolute atomic E-state index is 0.0119. The zero-order valence-electron chi connectivity index (χ0n) is 17.8. The van der Waals surface area contributed by atoms with Gasteiger partial charge in [0.2, 0.25) is 0 Å². The molecule has 0 spiro atoms. The van der Waals surface area contributed by atoms with Crippen LogP contribution in [0.4, 0.5) is 8.78 Å². The predicted octanol–water partition coefficient (Wildman–Crippen LogP) is 7.15. The van der Waals surface area contributed by atoms with E-state index >= 15 is 0 Å². The Kier molecular flexibility index (Phi) is 4.74. The zero-order valence-corrected chi connectivity index (χ0v) is 14.8. The van der Waals surface area contributed by atoms with Gasteiger partial charge in [-0.25, -0.2) is 8.78 Å². The Hall–Kier alpha value is -0.920. The normalized spacial score (nSPS) is 33.5. The number of rotatable bonds is 4. The number of benzene rings is 1. The minimum Gasteiger partial charge on any atom is -0.203 e. The van der Waals surface area contributed by atoms with Crippen molar-refractivity contribution in [2.75, 3.05) is 0 Å². The molecule has 2 aliphatic carbocycles. The lowest BCUT2D eigenvalue weighted by Crippen LogP contribution is -2.25. The van der Waals surface area contributed by atoms with E-state index in [9.17, 15) is 8.78 Å². The molecule has 0 atom stereocenters. The summed E-state index contributed by atoms with van der Waals surface area (Å²) < 4.78 is 50.8. The van der Waals surface area contributed by atoms with Crippen LogP contribution in [0.3, 0.4) is 0 Å². The number of hydrogen-bond acceptors (Lipinski definition) is 0. The van der Waals surface area contributed by atoms with E-state index in [1.165, 1.54) is 50.7 Å². The Balaban J connectivity index is 1.59. The molecule has 2 saturated carbocycles. The van der Waals surface area contributed by atoms with Gasteiger partial charge in [-0.2, -0.15) is 0 Å². The second-order valence-electron chi connectivity index (χ2n) is 8.01. The monoisotopic (exact) mass is 337 g/mol. The van der Waals surface area contributed by atoms with Gasteiger partial charge in [-0.15, -0.1) is 0 Å². The molecule has 0 nitrogen and oxygen atoms in total. The first-order chi connectivity index (χ1) is 12.8. The molecule has 1 aromatic rings. The molecule has 0 N–H and O–H groups in total. The van der Waals surface area contributed by atoms with Crippen molar-refractivity contribution in [2.24, 2.45) is 17.8 Å². The summed E-state index contributed by atoms with van der Waals surface area (Å²) in [6.45, 7) is -0.350. The van der Waals surface area contributed by atoms with Crippen molar-refractivity contribution < 1.29 is 12.9 Å². The van der Waals surface area contributed by atoms with Gasteiger partial charge in [0.05, 0.1) is 0 Å². The van der Waals surface area contributed by atoms with E-state index in [0.717, 1.165) is 43.4 Å². The van der Waals surface area contributed by atoms with E-state index in [-0.39, 0.29) is 5.92 Å². The summed E-state index contributed by atoms with van der Waals surface area (Å²) in [4.78, 5) is 0. The molecule has 0 unspecified atom stereocenters. The second-order valence-corrected chi connectivity index (χ2v) is 8.01. The highest BCUT2D eigenvalue weighted by molar-refractivity contribution is 5.28. The molecule has 2 aliphatic rings. The molecule has 3 rings (SSSR count). The quantitative estimate of drug-likeness (QED) is 0.547. The van der Waals surface area contributed by atoms with Crippen LogP contribution < -0.4 is 0 Å². The van der Waals surface area contributed by atoms with Crippen LogP contribution in [0, 0.1) is 36.2 Å².